The van der Waals surface area contributed by atoms with Crippen molar-refractivity contribution in [1.29, 1.82) is 0 Å². The van der Waals surface area contributed by atoms with E-state index in [1.165, 1.54) is 15.6 Å². The minimum absolute atomic E-state index is 0.202. The Morgan fingerprint density at radius 3 is 2.69 bits per heavy atom. The first-order chi connectivity index (χ1) is 17.4. The average Bonchev–Trinajstić information content (AvgIpc) is 3.52. The van der Waals surface area contributed by atoms with Crippen LogP contribution in [-0.2, 0) is 24.3 Å². The molecule has 2 aromatic carbocycles. The molecule has 1 aliphatic heterocycles. The highest BCUT2D eigenvalue weighted by Gasteiger charge is 2.31. The van der Waals surface area contributed by atoms with Gasteiger partial charge >= 0.3 is 0 Å². The minimum Gasteiger partial charge on any atom is -0.375 e. The number of nitrogens with one attached hydrogen (secondary N) is 2. The molecule has 11 heteroatoms. The standard InChI is InChI=1S/C25H25ClN8O2/c1-15-7-16(2)9-17(8-15)11-27-20-13-28-23-6-5-22(34(23)25(20)36)24(35)29-12-18-10-19(26)3-4-21(18)33-14-30-31-32-33/h3-4,7-10,13-14,22,27H,5-6,11-12H2,1-2H3,(H,29,35)/t22-/m0/s1. The van der Waals surface area contributed by atoms with Gasteiger partial charge in [0.25, 0.3) is 5.56 Å². The SMILES string of the molecule is Cc1cc(C)cc(CNc2cnc3n(c2=O)[C@H](C(=O)NCc2cc(Cl)ccc2-n2cnnn2)CC3)c1. The zero-order valence-electron chi connectivity index (χ0n) is 19.9. The van der Waals surface area contributed by atoms with Gasteiger partial charge in [-0.15, -0.1) is 5.10 Å². The Hall–Kier alpha value is -4.05. The van der Waals surface area contributed by atoms with E-state index in [0.717, 1.165) is 22.3 Å². The predicted molar refractivity (Wildman–Crippen MR) is 135 cm³/mol. The molecule has 184 valence electrons. The molecule has 4 aromatic rings. The van der Waals surface area contributed by atoms with Gasteiger partial charge in [0.2, 0.25) is 5.91 Å². The topological polar surface area (TPSA) is 120 Å². The molecule has 2 aromatic heterocycles. The quantitative estimate of drug-likeness (QED) is 0.397. The number of nitrogens with zero attached hydrogens (tertiary/aromatic N) is 6. The summed E-state index contributed by atoms with van der Waals surface area (Å²) in [5, 5.41) is 17.9. The number of carbonyl (C=O) groups is 1. The molecule has 1 atom stereocenters. The highest BCUT2D eigenvalue weighted by atomic mass is 35.5. The molecule has 1 amide bonds. The van der Waals surface area contributed by atoms with Gasteiger partial charge in [-0.05, 0) is 60.0 Å². The first kappa shape index (κ1) is 23.7. The van der Waals surface area contributed by atoms with E-state index in [1.54, 1.807) is 24.4 Å². The maximum absolute atomic E-state index is 13.3. The van der Waals surface area contributed by atoms with Crippen molar-refractivity contribution in [2.45, 2.75) is 45.8 Å². The molecule has 36 heavy (non-hydrogen) atoms. The third-order valence-electron chi connectivity index (χ3n) is 6.18. The lowest BCUT2D eigenvalue weighted by molar-refractivity contribution is -0.124. The highest BCUT2D eigenvalue weighted by Crippen LogP contribution is 2.24. The number of hydrogen-bond acceptors (Lipinski definition) is 7. The second-order valence-electron chi connectivity index (χ2n) is 8.91. The van der Waals surface area contributed by atoms with Crippen molar-refractivity contribution in [1.82, 2.24) is 35.1 Å². The van der Waals surface area contributed by atoms with Gasteiger partial charge in [-0.25, -0.2) is 9.67 Å². The zero-order valence-corrected chi connectivity index (χ0v) is 20.7. The fraction of sp³-hybridized carbons (Fsp3) is 0.280. The molecule has 0 aliphatic carbocycles. The Bertz CT molecular complexity index is 1460. The van der Waals surface area contributed by atoms with Crippen LogP contribution < -0.4 is 16.2 Å². The predicted octanol–water partition coefficient (Wildman–Crippen LogP) is 2.91. The van der Waals surface area contributed by atoms with Crippen molar-refractivity contribution in [2.75, 3.05) is 5.32 Å². The zero-order chi connectivity index (χ0) is 25.2. The average molecular weight is 505 g/mol. The molecule has 0 saturated heterocycles. The second-order valence-corrected chi connectivity index (χ2v) is 9.35. The third-order valence-corrected chi connectivity index (χ3v) is 6.42. The number of hydrogen-bond donors (Lipinski definition) is 2. The number of aromatic nitrogens is 6. The molecule has 0 spiro atoms. The molecule has 2 N–H and O–H groups in total. The molecule has 5 rings (SSSR count). The fourth-order valence-corrected chi connectivity index (χ4v) is 4.83. The molecule has 10 nitrogen and oxygen atoms in total. The van der Waals surface area contributed by atoms with Gasteiger partial charge in [-0.1, -0.05) is 40.9 Å². The van der Waals surface area contributed by atoms with E-state index in [2.05, 4.69) is 49.3 Å². The lowest BCUT2D eigenvalue weighted by atomic mass is 10.1. The smallest absolute Gasteiger partial charge is 0.277 e. The molecule has 3 heterocycles. The van der Waals surface area contributed by atoms with Gasteiger partial charge in [0.1, 0.15) is 23.9 Å². The maximum atomic E-state index is 13.3. The first-order valence-electron chi connectivity index (χ1n) is 11.6. The summed E-state index contributed by atoms with van der Waals surface area (Å²) < 4.78 is 3.00. The number of carbonyl (C=O) groups excluding carboxylic acids is 1. The van der Waals surface area contributed by atoms with E-state index in [9.17, 15) is 9.59 Å². The van der Waals surface area contributed by atoms with Crippen LogP contribution in [-0.4, -0.2) is 35.7 Å². The third kappa shape index (κ3) is 4.85. The minimum atomic E-state index is -0.640. The van der Waals surface area contributed by atoms with Crippen LogP contribution in [0.25, 0.3) is 5.69 Å². The molecule has 0 bridgehead atoms. The lowest BCUT2D eigenvalue weighted by Crippen LogP contribution is -2.36. The summed E-state index contributed by atoms with van der Waals surface area (Å²) in [5.41, 5.74) is 4.97. The van der Waals surface area contributed by atoms with Crippen LogP contribution in [0.2, 0.25) is 5.02 Å². The Labute approximate surface area is 212 Å². The normalized spacial score (nSPS) is 14.5. The van der Waals surface area contributed by atoms with Crippen LogP contribution in [0.1, 0.15) is 40.5 Å². The number of anilines is 1. The fourth-order valence-electron chi connectivity index (χ4n) is 4.63. The van der Waals surface area contributed by atoms with Gasteiger partial charge in [0.05, 0.1) is 11.9 Å². The van der Waals surface area contributed by atoms with Crippen LogP contribution in [0.3, 0.4) is 0 Å². The van der Waals surface area contributed by atoms with Gasteiger partial charge in [-0.3, -0.25) is 14.2 Å². The number of rotatable bonds is 7. The number of aryl methyl sites for hydroxylation is 3. The van der Waals surface area contributed by atoms with Crippen LogP contribution in [0.4, 0.5) is 5.69 Å². The summed E-state index contributed by atoms with van der Waals surface area (Å²) in [6.45, 7) is 4.78. The van der Waals surface area contributed by atoms with E-state index in [4.69, 9.17) is 11.6 Å². The summed E-state index contributed by atoms with van der Waals surface area (Å²) in [7, 11) is 0. The van der Waals surface area contributed by atoms with Gasteiger partial charge in [-0.2, -0.15) is 0 Å². The number of amides is 1. The molecule has 0 radical (unpaired) electrons. The molecule has 0 unspecified atom stereocenters. The summed E-state index contributed by atoms with van der Waals surface area (Å²) in [5.74, 6) is 0.348. The summed E-state index contributed by atoms with van der Waals surface area (Å²) >= 11 is 6.18. The summed E-state index contributed by atoms with van der Waals surface area (Å²) in [4.78, 5) is 30.9. The van der Waals surface area contributed by atoms with E-state index in [-0.39, 0.29) is 18.0 Å². The van der Waals surface area contributed by atoms with E-state index < -0.39 is 6.04 Å². The van der Waals surface area contributed by atoms with Crippen LogP contribution in [0.15, 0.2) is 53.7 Å². The number of benzene rings is 2. The Morgan fingerprint density at radius 1 is 1.14 bits per heavy atom. The van der Waals surface area contributed by atoms with Crippen LogP contribution in [0, 0.1) is 13.8 Å². The molecular weight excluding hydrogens is 480 g/mol. The van der Waals surface area contributed by atoms with Crippen molar-refractivity contribution in [3.8, 4) is 5.69 Å². The Balaban J connectivity index is 1.32. The first-order valence-corrected chi connectivity index (χ1v) is 12.0. The summed E-state index contributed by atoms with van der Waals surface area (Å²) in [6, 6.07) is 10.9. The van der Waals surface area contributed by atoms with Crippen LogP contribution >= 0.6 is 11.6 Å². The maximum Gasteiger partial charge on any atom is 0.277 e. The molecular formula is C25H25ClN8O2. The monoisotopic (exact) mass is 504 g/mol. The Kier molecular flexibility index (Phi) is 6.51. The van der Waals surface area contributed by atoms with Crippen molar-refractivity contribution in [3.63, 3.8) is 0 Å². The Morgan fingerprint density at radius 2 is 1.94 bits per heavy atom. The molecule has 0 saturated carbocycles. The van der Waals surface area contributed by atoms with Crippen LogP contribution in [0.5, 0.6) is 0 Å². The van der Waals surface area contributed by atoms with Crippen molar-refractivity contribution in [2.24, 2.45) is 0 Å². The number of halogens is 1. The van der Waals surface area contributed by atoms with E-state index in [0.29, 0.717) is 41.6 Å². The number of fused-ring (bicyclic) bond motifs is 1. The van der Waals surface area contributed by atoms with Gasteiger partial charge < -0.3 is 10.6 Å². The number of tetrazole rings is 1. The highest BCUT2D eigenvalue weighted by molar-refractivity contribution is 6.30. The van der Waals surface area contributed by atoms with Crippen molar-refractivity contribution < 1.29 is 4.79 Å². The van der Waals surface area contributed by atoms with Crippen molar-refractivity contribution in [3.05, 3.63) is 92.4 Å². The largest absolute Gasteiger partial charge is 0.375 e. The molecule has 0 fully saturated rings. The lowest BCUT2D eigenvalue weighted by Gasteiger charge is -2.17. The second kappa shape index (κ2) is 9.90. The van der Waals surface area contributed by atoms with Gasteiger partial charge in [0.15, 0.2) is 0 Å². The van der Waals surface area contributed by atoms with Crippen molar-refractivity contribution >= 4 is 23.2 Å². The molecule has 1 aliphatic rings. The summed E-state index contributed by atoms with van der Waals surface area (Å²) in [6.07, 6.45) is 4.09. The van der Waals surface area contributed by atoms with Gasteiger partial charge in [0, 0.05) is 24.5 Å². The van der Waals surface area contributed by atoms with E-state index >= 15 is 0 Å². The van der Waals surface area contributed by atoms with E-state index in [1.807, 2.05) is 13.8 Å².